The first-order valence-electron chi connectivity index (χ1n) is 4.37. The van der Waals surface area contributed by atoms with Gasteiger partial charge in [0.2, 0.25) is 6.04 Å². The van der Waals surface area contributed by atoms with Gasteiger partial charge in [-0.2, -0.15) is 0 Å². The molecule has 2 aliphatic carbocycles. The molecule has 4 heteroatoms. The lowest BCUT2D eigenvalue weighted by Crippen LogP contribution is -2.39. The van der Waals surface area contributed by atoms with E-state index in [9.17, 15) is 10.1 Å². The van der Waals surface area contributed by atoms with Crippen molar-refractivity contribution < 1.29 is 4.92 Å². The first-order chi connectivity index (χ1) is 5.45. The summed E-state index contributed by atoms with van der Waals surface area (Å²) in [5, 5.41) is 10.6. The minimum Gasteiger partial charge on any atom is -0.325 e. The average Bonchev–Trinajstić information content (AvgIpc) is 2.46. The van der Waals surface area contributed by atoms with Gasteiger partial charge in [-0.3, -0.25) is 10.1 Å². The normalized spacial score (nSPS) is 56.6. The Balaban J connectivity index is 2.20. The van der Waals surface area contributed by atoms with Crippen LogP contribution in [0, 0.1) is 27.9 Å². The smallest absolute Gasteiger partial charge is 0.218 e. The molecule has 0 radical (unpaired) electrons. The lowest BCUT2D eigenvalue weighted by Gasteiger charge is -2.20. The third kappa shape index (κ3) is 0.813. The van der Waals surface area contributed by atoms with Crippen molar-refractivity contribution in [1.29, 1.82) is 0 Å². The molecule has 4 unspecified atom stereocenters. The van der Waals surface area contributed by atoms with Crippen LogP contribution in [0.25, 0.3) is 0 Å². The maximum absolute atomic E-state index is 10.6. The quantitative estimate of drug-likeness (QED) is 0.463. The van der Waals surface area contributed by atoms with Gasteiger partial charge in [0.25, 0.3) is 0 Å². The van der Waals surface area contributed by atoms with Crippen molar-refractivity contribution >= 4 is 0 Å². The summed E-state index contributed by atoms with van der Waals surface area (Å²) in [6.45, 7) is 4.01. The molecule has 2 aliphatic rings. The third-order valence-corrected chi connectivity index (χ3v) is 3.57. The molecular weight excluding hydrogens is 156 g/mol. The second-order valence-corrected chi connectivity index (χ2v) is 4.52. The molecule has 0 aliphatic heterocycles. The van der Waals surface area contributed by atoms with E-state index in [1.165, 1.54) is 0 Å². The predicted octanol–water partition coefficient (Wildman–Crippen LogP) is 0.635. The van der Waals surface area contributed by atoms with Gasteiger partial charge in [0.1, 0.15) is 0 Å². The predicted molar refractivity (Wildman–Crippen MR) is 44.1 cm³/mol. The molecule has 2 fully saturated rings. The zero-order valence-corrected chi connectivity index (χ0v) is 7.36. The Morgan fingerprint density at radius 1 is 1.67 bits per heavy atom. The second kappa shape index (κ2) is 1.99. The maximum atomic E-state index is 10.6. The minimum atomic E-state index is -0.375. The molecule has 2 saturated carbocycles. The van der Waals surface area contributed by atoms with E-state index < -0.39 is 0 Å². The van der Waals surface area contributed by atoms with E-state index in [4.69, 9.17) is 5.73 Å². The van der Waals surface area contributed by atoms with Gasteiger partial charge in [-0.25, -0.2) is 0 Å². The molecule has 68 valence electrons. The van der Waals surface area contributed by atoms with Crippen molar-refractivity contribution in [2.24, 2.45) is 23.5 Å². The second-order valence-electron chi connectivity index (χ2n) is 4.52. The number of hydrogen-bond donors (Lipinski definition) is 1. The van der Waals surface area contributed by atoms with Gasteiger partial charge < -0.3 is 5.73 Å². The number of nitro groups is 1. The molecule has 2 rings (SSSR count). The van der Waals surface area contributed by atoms with E-state index in [2.05, 4.69) is 6.92 Å². The number of rotatable bonds is 1. The zero-order chi connectivity index (χ0) is 9.09. The fourth-order valence-electron chi connectivity index (χ4n) is 3.06. The molecule has 0 heterocycles. The lowest BCUT2D eigenvalue weighted by molar-refractivity contribution is -0.526. The van der Waals surface area contributed by atoms with Crippen molar-refractivity contribution in [1.82, 2.24) is 0 Å². The Hall–Kier alpha value is -0.640. The molecular formula is C8H14N2O2. The zero-order valence-electron chi connectivity index (χ0n) is 7.36. The van der Waals surface area contributed by atoms with E-state index in [0.29, 0.717) is 18.3 Å². The topological polar surface area (TPSA) is 69.2 Å². The Labute approximate surface area is 71.3 Å². The number of hydrogen-bond acceptors (Lipinski definition) is 3. The Kier molecular flexibility index (Phi) is 1.32. The van der Waals surface area contributed by atoms with Gasteiger partial charge >= 0.3 is 0 Å². The van der Waals surface area contributed by atoms with Gasteiger partial charge in [-0.1, -0.05) is 6.92 Å². The fraction of sp³-hybridized carbons (Fsp3) is 1.00. The summed E-state index contributed by atoms with van der Waals surface area (Å²) in [5.41, 5.74) is 5.69. The summed E-state index contributed by atoms with van der Waals surface area (Å²) in [6, 6.07) is -0.375. The molecule has 0 spiro atoms. The summed E-state index contributed by atoms with van der Waals surface area (Å²) in [5.74, 6) is 1.12. The molecule has 0 saturated heterocycles. The van der Waals surface area contributed by atoms with Crippen LogP contribution in [0.3, 0.4) is 0 Å². The number of fused-ring (bicyclic) bond motifs is 1. The van der Waals surface area contributed by atoms with Crippen LogP contribution < -0.4 is 5.73 Å². The Morgan fingerprint density at radius 2 is 2.25 bits per heavy atom. The van der Waals surface area contributed by atoms with Crippen molar-refractivity contribution in [3.8, 4) is 0 Å². The lowest BCUT2D eigenvalue weighted by atomic mass is 9.93. The molecule has 5 atom stereocenters. The van der Waals surface area contributed by atoms with Gasteiger partial charge in [-0.05, 0) is 18.8 Å². The average molecular weight is 170 g/mol. The molecule has 12 heavy (non-hydrogen) atoms. The van der Waals surface area contributed by atoms with E-state index in [1.54, 1.807) is 0 Å². The van der Waals surface area contributed by atoms with E-state index in [0.717, 1.165) is 0 Å². The molecule has 0 aromatic carbocycles. The highest BCUT2D eigenvalue weighted by atomic mass is 16.6. The van der Waals surface area contributed by atoms with Crippen LogP contribution in [-0.2, 0) is 0 Å². The maximum Gasteiger partial charge on any atom is 0.218 e. The van der Waals surface area contributed by atoms with Gasteiger partial charge in [0.05, 0.1) is 0 Å². The van der Waals surface area contributed by atoms with Crippen molar-refractivity contribution in [3.63, 3.8) is 0 Å². The highest BCUT2D eigenvalue weighted by Gasteiger charge is 2.69. The Morgan fingerprint density at radius 3 is 2.50 bits per heavy atom. The largest absolute Gasteiger partial charge is 0.325 e. The van der Waals surface area contributed by atoms with Gasteiger partial charge in [-0.15, -0.1) is 0 Å². The molecule has 0 bridgehead atoms. The summed E-state index contributed by atoms with van der Waals surface area (Å²) >= 11 is 0. The van der Waals surface area contributed by atoms with Crippen LogP contribution in [0.15, 0.2) is 0 Å². The van der Waals surface area contributed by atoms with E-state index in [-0.39, 0.29) is 22.4 Å². The summed E-state index contributed by atoms with van der Waals surface area (Å²) in [7, 11) is 0. The highest BCUT2D eigenvalue weighted by molar-refractivity contribution is 5.16. The van der Waals surface area contributed by atoms with E-state index in [1.807, 2.05) is 6.92 Å². The standard InChI is InChI=1S/C8H14N2O2/c1-4-6-5(10(11)12)3-8(2,9)7(4)6/h4-7H,3,9H2,1-2H3/t4-,5?,6?,7?,8?/m0/s1. The molecule has 0 amide bonds. The van der Waals surface area contributed by atoms with Crippen molar-refractivity contribution in [2.75, 3.05) is 0 Å². The number of nitrogens with two attached hydrogens (primary N) is 1. The first kappa shape index (κ1) is 7.98. The molecule has 0 aromatic heterocycles. The highest BCUT2D eigenvalue weighted by Crippen LogP contribution is 2.61. The fourth-order valence-corrected chi connectivity index (χ4v) is 3.06. The van der Waals surface area contributed by atoms with Crippen molar-refractivity contribution in [3.05, 3.63) is 10.1 Å². The minimum absolute atomic E-state index is 0.153. The Bertz CT molecular complexity index is 239. The van der Waals surface area contributed by atoms with Crippen molar-refractivity contribution in [2.45, 2.75) is 31.8 Å². The first-order valence-corrected chi connectivity index (χ1v) is 4.37. The van der Waals surface area contributed by atoms with E-state index >= 15 is 0 Å². The summed E-state index contributed by atoms with van der Waals surface area (Å²) in [6.07, 6.45) is 0.555. The van der Waals surface area contributed by atoms with Gasteiger partial charge in [0.15, 0.2) is 0 Å². The molecule has 2 N–H and O–H groups in total. The van der Waals surface area contributed by atoms with Crippen LogP contribution in [0.5, 0.6) is 0 Å². The summed E-state index contributed by atoms with van der Waals surface area (Å²) < 4.78 is 0. The molecule has 0 aromatic rings. The third-order valence-electron chi connectivity index (χ3n) is 3.57. The number of nitrogens with zero attached hydrogens (tertiary/aromatic N) is 1. The van der Waals surface area contributed by atoms with Crippen LogP contribution in [-0.4, -0.2) is 16.5 Å². The summed E-state index contributed by atoms with van der Waals surface area (Å²) in [4.78, 5) is 10.5. The molecule has 4 nitrogen and oxygen atoms in total. The SMILES string of the molecule is C[C@H]1C2C([N+](=O)[O-])CC(C)(N)C21. The van der Waals surface area contributed by atoms with Crippen LogP contribution >= 0.6 is 0 Å². The monoisotopic (exact) mass is 170 g/mol. The van der Waals surface area contributed by atoms with Gasteiger partial charge in [0, 0.05) is 22.8 Å². The van der Waals surface area contributed by atoms with Crippen LogP contribution in [0.1, 0.15) is 20.3 Å². The van der Waals surface area contributed by atoms with Crippen LogP contribution in [0.2, 0.25) is 0 Å². The van der Waals surface area contributed by atoms with Crippen LogP contribution in [0.4, 0.5) is 0 Å².